The fourth-order valence-electron chi connectivity index (χ4n) is 1.44. The number of ether oxygens (including phenoxy) is 2. The molecule has 0 radical (unpaired) electrons. The molecule has 0 aromatic heterocycles. The van der Waals surface area contributed by atoms with Crippen molar-refractivity contribution in [2.45, 2.75) is 13.0 Å². The van der Waals surface area contributed by atoms with Crippen molar-refractivity contribution in [3.05, 3.63) is 23.8 Å². The summed E-state index contributed by atoms with van der Waals surface area (Å²) in [5.74, 6) is -0.962. The number of carboxylic acid groups (broad SMARTS) is 1. The fourth-order valence-corrected chi connectivity index (χ4v) is 1.44. The molecule has 20 heavy (non-hydrogen) atoms. The highest BCUT2D eigenvalue weighted by Gasteiger charge is 2.19. The molecule has 0 fully saturated rings. The average molecular weight is 278 g/mol. The lowest BCUT2D eigenvalue weighted by Gasteiger charge is -2.15. The van der Waals surface area contributed by atoms with Crippen molar-refractivity contribution in [2.24, 2.45) is 0 Å². The van der Waals surface area contributed by atoms with E-state index in [9.17, 15) is 9.59 Å². The second kappa shape index (κ2) is 6.99. The molecule has 1 atom stereocenters. The molecule has 0 bridgehead atoms. The molecular formula is C13H14N2O5. The van der Waals surface area contributed by atoms with Gasteiger partial charge in [-0.25, -0.2) is 4.79 Å². The lowest BCUT2D eigenvalue weighted by molar-refractivity contribution is -0.142. The van der Waals surface area contributed by atoms with Crippen molar-refractivity contribution in [3.8, 4) is 17.6 Å². The molecule has 1 rings (SSSR count). The third-order valence-electron chi connectivity index (χ3n) is 2.34. The van der Waals surface area contributed by atoms with Crippen molar-refractivity contribution in [3.63, 3.8) is 0 Å². The maximum Gasteiger partial charge on any atom is 0.329 e. The van der Waals surface area contributed by atoms with Gasteiger partial charge < -0.3 is 19.9 Å². The Labute approximate surface area is 115 Å². The molecule has 0 saturated heterocycles. The number of carboxylic acids is 1. The Hall–Kier alpha value is -2.75. The number of nitrogens with zero attached hydrogens (tertiary/aromatic N) is 1. The molecule has 0 heterocycles. The van der Waals surface area contributed by atoms with Gasteiger partial charge in [0, 0.05) is 13.0 Å². The van der Waals surface area contributed by atoms with Crippen LogP contribution in [-0.4, -0.2) is 36.7 Å². The van der Waals surface area contributed by atoms with Gasteiger partial charge in [-0.05, 0) is 12.1 Å². The van der Waals surface area contributed by atoms with Gasteiger partial charge >= 0.3 is 5.97 Å². The molecule has 106 valence electrons. The van der Waals surface area contributed by atoms with E-state index in [1.165, 1.54) is 32.2 Å². The Bertz CT molecular complexity index is 550. The molecule has 0 aliphatic carbocycles. The summed E-state index contributed by atoms with van der Waals surface area (Å²) in [5, 5.41) is 20.0. The van der Waals surface area contributed by atoms with E-state index in [-0.39, 0.29) is 12.4 Å². The summed E-state index contributed by atoms with van der Waals surface area (Å²) in [5.41, 5.74) is 0.325. The van der Waals surface area contributed by atoms with Gasteiger partial charge in [-0.2, -0.15) is 5.26 Å². The smallest absolute Gasteiger partial charge is 0.329 e. The van der Waals surface area contributed by atoms with Crippen molar-refractivity contribution >= 4 is 11.9 Å². The highest BCUT2D eigenvalue weighted by atomic mass is 16.5. The first-order valence-corrected chi connectivity index (χ1v) is 5.68. The van der Waals surface area contributed by atoms with E-state index in [1.807, 2.05) is 6.07 Å². The van der Waals surface area contributed by atoms with E-state index < -0.39 is 17.9 Å². The van der Waals surface area contributed by atoms with Crippen LogP contribution in [0.3, 0.4) is 0 Å². The van der Waals surface area contributed by atoms with E-state index in [2.05, 4.69) is 5.32 Å². The van der Waals surface area contributed by atoms with Gasteiger partial charge in [0.15, 0.2) is 6.04 Å². The summed E-state index contributed by atoms with van der Waals surface area (Å²) < 4.78 is 10.3. The van der Waals surface area contributed by atoms with E-state index in [4.69, 9.17) is 19.8 Å². The first kappa shape index (κ1) is 15.3. The Morgan fingerprint density at radius 2 is 2.05 bits per heavy atom. The van der Waals surface area contributed by atoms with Crippen molar-refractivity contribution in [2.75, 3.05) is 13.7 Å². The summed E-state index contributed by atoms with van der Waals surface area (Å²) in [6.45, 7) is 0.961. The summed E-state index contributed by atoms with van der Waals surface area (Å²) in [4.78, 5) is 21.8. The van der Waals surface area contributed by atoms with Crippen LogP contribution in [0.4, 0.5) is 0 Å². The Kier molecular flexibility index (Phi) is 5.35. The number of carbonyl (C=O) groups is 2. The third-order valence-corrected chi connectivity index (χ3v) is 2.34. The van der Waals surface area contributed by atoms with Crippen LogP contribution in [0.2, 0.25) is 0 Å². The largest absolute Gasteiger partial charge is 0.497 e. The monoisotopic (exact) mass is 278 g/mol. The first-order chi connectivity index (χ1) is 9.46. The number of aliphatic carboxylic acids is 1. The van der Waals surface area contributed by atoms with Crippen LogP contribution in [0.25, 0.3) is 0 Å². The predicted octanol–water partition coefficient (Wildman–Crippen LogP) is 0.535. The Balaban J connectivity index is 2.79. The second-order valence-electron chi connectivity index (χ2n) is 3.91. The van der Waals surface area contributed by atoms with Crippen LogP contribution in [-0.2, 0) is 9.59 Å². The minimum absolute atomic E-state index is 0.257. The van der Waals surface area contributed by atoms with Crippen LogP contribution in [0.5, 0.6) is 11.5 Å². The predicted molar refractivity (Wildman–Crippen MR) is 68.4 cm³/mol. The topological polar surface area (TPSA) is 109 Å². The van der Waals surface area contributed by atoms with Gasteiger partial charge in [0.2, 0.25) is 5.91 Å². The van der Waals surface area contributed by atoms with Gasteiger partial charge in [-0.3, -0.25) is 4.79 Å². The lowest BCUT2D eigenvalue weighted by atomic mass is 10.2. The van der Waals surface area contributed by atoms with Gasteiger partial charge in [-0.15, -0.1) is 0 Å². The number of hydrogen-bond donors (Lipinski definition) is 2. The van der Waals surface area contributed by atoms with Crippen LogP contribution in [0, 0.1) is 11.3 Å². The normalized spacial score (nSPS) is 11.1. The number of amides is 1. The molecule has 7 nitrogen and oxygen atoms in total. The SMILES string of the molecule is COc1cc(C#N)cc(OCC(NC(C)=O)C(=O)O)c1. The van der Waals surface area contributed by atoms with Gasteiger partial charge in [0.1, 0.15) is 18.1 Å². The van der Waals surface area contributed by atoms with Crippen LogP contribution in [0.15, 0.2) is 18.2 Å². The van der Waals surface area contributed by atoms with Crippen molar-refractivity contribution < 1.29 is 24.2 Å². The molecule has 0 aliphatic rings. The molecule has 2 N–H and O–H groups in total. The highest BCUT2D eigenvalue weighted by Crippen LogP contribution is 2.22. The Morgan fingerprint density at radius 1 is 1.40 bits per heavy atom. The maximum atomic E-state index is 10.9. The molecule has 7 heteroatoms. The van der Waals surface area contributed by atoms with Crippen molar-refractivity contribution in [1.29, 1.82) is 5.26 Å². The van der Waals surface area contributed by atoms with Gasteiger partial charge in [-0.1, -0.05) is 0 Å². The minimum atomic E-state index is -1.20. The zero-order valence-corrected chi connectivity index (χ0v) is 11.0. The van der Waals surface area contributed by atoms with Crippen LogP contribution in [0.1, 0.15) is 12.5 Å². The maximum absolute atomic E-state index is 10.9. The zero-order valence-electron chi connectivity index (χ0n) is 11.0. The number of benzene rings is 1. The molecule has 1 amide bonds. The molecule has 1 unspecified atom stereocenters. The third kappa shape index (κ3) is 4.49. The van der Waals surface area contributed by atoms with Crippen LogP contribution < -0.4 is 14.8 Å². The summed E-state index contributed by atoms with van der Waals surface area (Å²) >= 11 is 0. The molecule has 0 spiro atoms. The number of methoxy groups -OCH3 is 1. The summed E-state index contributed by atoms with van der Waals surface area (Å²) in [6.07, 6.45) is 0. The molecule has 0 aliphatic heterocycles. The zero-order chi connectivity index (χ0) is 15.1. The molecule has 0 saturated carbocycles. The van der Waals surface area contributed by atoms with E-state index in [1.54, 1.807) is 0 Å². The number of nitriles is 1. The Morgan fingerprint density at radius 3 is 2.55 bits per heavy atom. The van der Waals surface area contributed by atoms with Crippen molar-refractivity contribution in [1.82, 2.24) is 5.32 Å². The van der Waals surface area contributed by atoms with Crippen LogP contribution >= 0.6 is 0 Å². The van der Waals surface area contributed by atoms with Gasteiger partial charge in [0.25, 0.3) is 0 Å². The lowest BCUT2D eigenvalue weighted by Crippen LogP contribution is -2.43. The number of nitrogens with one attached hydrogen (secondary N) is 1. The summed E-state index contributed by atoms with van der Waals surface area (Å²) in [6, 6.07) is 5.27. The average Bonchev–Trinajstić information content (AvgIpc) is 2.42. The van der Waals surface area contributed by atoms with Gasteiger partial charge in [0.05, 0.1) is 18.7 Å². The highest BCUT2D eigenvalue weighted by molar-refractivity contribution is 5.82. The standard InChI is InChI=1S/C13H14N2O5/c1-8(16)15-12(13(17)18)7-20-11-4-9(6-14)3-10(5-11)19-2/h3-5,12H,7H2,1-2H3,(H,15,16)(H,17,18). The molecule has 1 aromatic carbocycles. The second-order valence-corrected chi connectivity index (χ2v) is 3.91. The quantitative estimate of drug-likeness (QED) is 0.786. The summed E-state index contributed by atoms with van der Waals surface area (Å²) in [7, 11) is 1.44. The number of rotatable bonds is 6. The van der Waals surface area contributed by atoms with E-state index in [0.29, 0.717) is 11.3 Å². The number of hydrogen-bond acceptors (Lipinski definition) is 5. The fraction of sp³-hybridized carbons (Fsp3) is 0.308. The number of carbonyl (C=O) groups excluding carboxylic acids is 1. The molecule has 1 aromatic rings. The van der Waals surface area contributed by atoms with E-state index in [0.717, 1.165) is 0 Å². The molecular weight excluding hydrogens is 264 g/mol. The van der Waals surface area contributed by atoms with E-state index >= 15 is 0 Å². The minimum Gasteiger partial charge on any atom is -0.497 e. The first-order valence-electron chi connectivity index (χ1n) is 5.68.